The number of esters is 1. The van der Waals surface area contributed by atoms with Crippen molar-refractivity contribution in [2.45, 2.75) is 135 Å². The summed E-state index contributed by atoms with van der Waals surface area (Å²) in [5.74, 6) is -0.148. The summed E-state index contributed by atoms with van der Waals surface area (Å²) in [6.45, 7) is 15.0. The van der Waals surface area contributed by atoms with Crippen LogP contribution in [0.15, 0.2) is 71.9 Å². The van der Waals surface area contributed by atoms with Gasteiger partial charge in [-0.15, -0.1) is 0 Å². The van der Waals surface area contributed by atoms with E-state index in [1.807, 2.05) is 77.6 Å². The Balaban J connectivity index is 1.14. The Kier molecular flexibility index (Phi) is 17.3. The summed E-state index contributed by atoms with van der Waals surface area (Å²) in [7, 11) is -3.89. The monoisotopic (exact) mass is 889 g/mol. The number of Topliss-reactive ketones (excluding diaryl/α,β-unsaturated/α-hetero) is 1. The minimum absolute atomic E-state index is 0.0195. The number of carbonyl (C=O) groups excluding carboxylic acids is 4. The zero-order valence-corrected chi connectivity index (χ0v) is 39.0. The molecule has 2 fully saturated rings. The number of nitrogens with zero attached hydrogens (tertiary/aromatic N) is 3. The molecule has 0 aliphatic carbocycles. The molecule has 2 aliphatic rings. The molecule has 63 heavy (non-hydrogen) atoms. The van der Waals surface area contributed by atoms with E-state index < -0.39 is 33.2 Å². The highest BCUT2D eigenvalue weighted by Crippen LogP contribution is 2.31. The fourth-order valence-corrected chi connectivity index (χ4v) is 8.90. The van der Waals surface area contributed by atoms with Crippen LogP contribution in [0.5, 0.6) is 5.75 Å². The van der Waals surface area contributed by atoms with Crippen LogP contribution >= 0.6 is 0 Å². The SMILES string of the molecule is Cc1ccc(S(=O)(=O)OCCOc2cccc(CCc3cncc(C(CC(=O)OC(C)(C)C)CC(=O)[C@@H]4CCCN(C(=O)CCC5CCN(C(=O)OC(C)(C)C)CC5)C4)c3)c2)cc1. The number of benzene rings is 2. The van der Waals surface area contributed by atoms with Gasteiger partial charge in [0, 0.05) is 63.3 Å². The van der Waals surface area contributed by atoms with Crippen LogP contribution < -0.4 is 4.74 Å². The molecule has 1 unspecified atom stereocenters. The molecule has 0 radical (unpaired) electrons. The van der Waals surface area contributed by atoms with E-state index in [4.69, 9.17) is 18.4 Å². The predicted octanol–water partition coefficient (Wildman–Crippen LogP) is 8.40. The number of aryl methyl sites for hydroxylation is 3. The second-order valence-corrected chi connectivity index (χ2v) is 20.6. The maximum absolute atomic E-state index is 14.0. The molecule has 0 bridgehead atoms. The standard InChI is InChI=1S/C49H67N3O10S/c1-35-13-18-43(19-14-35)63(57,58)60-27-26-59-42-12-8-10-37(29-42)15-16-38-28-41(33-50-32-38)40(31-46(55)61-48(2,3)4)30-44(53)39-11-9-23-52(34-39)45(54)20-17-36-21-24-51(25-22-36)47(56)62-49(5,6)7/h8,10,12-14,18-19,28-29,32-33,36,39-40H,9,11,15-17,20-27,30-31,34H2,1-7H3/t39-,40?/m1/s1. The molecule has 2 amide bonds. The first kappa shape index (κ1) is 49.2. The lowest BCUT2D eigenvalue weighted by Gasteiger charge is -2.35. The third-order valence-electron chi connectivity index (χ3n) is 11.3. The average molecular weight is 890 g/mol. The van der Waals surface area contributed by atoms with Gasteiger partial charge in [0.1, 0.15) is 35.9 Å². The van der Waals surface area contributed by atoms with Gasteiger partial charge in [0.2, 0.25) is 5.91 Å². The number of amides is 2. The highest BCUT2D eigenvalue weighted by molar-refractivity contribution is 7.86. The van der Waals surface area contributed by atoms with Crippen LogP contribution in [0.25, 0.3) is 0 Å². The molecule has 2 atom stereocenters. The number of piperidine rings is 2. The number of hydrogen-bond acceptors (Lipinski definition) is 11. The fraction of sp³-hybridized carbons (Fsp3) is 0.571. The number of carbonyl (C=O) groups is 4. The van der Waals surface area contributed by atoms with Gasteiger partial charge < -0.3 is 24.0 Å². The number of ether oxygens (including phenoxy) is 3. The summed E-state index contributed by atoms with van der Waals surface area (Å²) >= 11 is 0. The number of rotatable bonds is 18. The van der Waals surface area contributed by atoms with Crippen molar-refractivity contribution >= 4 is 33.9 Å². The Hall–Kier alpha value is -4.82. The maximum Gasteiger partial charge on any atom is 0.410 e. The quantitative estimate of drug-likeness (QED) is 0.0686. The van der Waals surface area contributed by atoms with Crippen molar-refractivity contribution in [1.29, 1.82) is 0 Å². The number of likely N-dealkylation sites (tertiary alicyclic amines) is 2. The zero-order valence-electron chi connectivity index (χ0n) is 38.2. The van der Waals surface area contributed by atoms with Crippen molar-refractivity contribution in [1.82, 2.24) is 14.8 Å². The summed E-state index contributed by atoms with van der Waals surface area (Å²) < 4.78 is 47.3. The second-order valence-electron chi connectivity index (χ2n) is 19.0. The van der Waals surface area contributed by atoms with E-state index in [0.717, 1.165) is 47.9 Å². The Bertz CT molecular complexity index is 2120. The van der Waals surface area contributed by atoms with E-state index in [-0.39, 0.29) is 54.7 Å². The molecule has 2 saturated heterocycles. The van der Waals surface area contributed by atoms with Crippen LogP contribution in [-0.4, -0.2) is 97.5 Å². The van der Waals surface area contributed by atoms with E-state index in [2.05, 4.69) is 4.98 Å². The zero-order chi connectivity index (χ0) is 45.8. The number of ketones is 1. The van der Waals surface area contributed by atoms with Gasteiger partial charge in [-0.3, -0.25) is 23.6 Å². The third kappa shape index (κ3) is 16.4. The van der Waals surface area contributed by atoms with Crippen molar-refractivity contribution in [3.05, 3.63) is 89.2 Å². The van der Waals surface area contributed by atoms with Gasteiger partial charge in [0.05, 0.1) is 11.3 Å². The molecular formula is C49H67N3O10S. The highest BCUT2D eigenvalue weighted by atomic mass is 32.2. The Labute approximate surface area is 374 Å². The van der Waals surface area contributed by atoms with Crippen molar-refractivity contribution in [2.75, 3.05) is 39.4 Å². The van der Waals surface area contributed by atoms with Gasteiger partial charge in [-0.1, -0.05) is 35.9 Å². The van der Waals surface area contributed by atoms with Gasteiger partial charge in [0.25, 0.3) is 10.1 Å². The van der Waals surface area contributed by atoms with Crippen LogP contribution in [-0.2, 0) is 51.0 Å². The Morgan fingerprint density at radius 3 is 2.19 bits per heavy atom. The molecule has 3 aromatic rings. The summed E-state index contributed by atoms with van der Waals surface area (Å²) in [5.41, 5.74) is 2.46. The van der Waals surface area contributed by atoms with Crippen molar-refractivity contribution in [2.24, 2.45) is 11.8 Å². The van der Waals surface area contributed by atoms with Crippen LogP contribution in [0.2, 0.25) is 0 Å². The molecule has 2 aromatic carbocycles. The number of hydrogen-bond donors (Lipinski definition) is 0. The van der Waals surface area contributed by atoms with Crippen LogP contribution in [0.3, 0.4) is 0 Å². The van der Waals surface area contributed by atoms with Crippen LogP contribution in [0.1, 0.15) is 121 Å². The molecule has 0 spiro atoms. The van der Waals surface area contributed by atoms with Gasteiger partial charge in [0.15, 0.2) is 0 Å². The summed E-state index contributed by atoms with van der Waals surface area (Å²) in [5, 5.41) is 0. The molecule has 14 heteroatoms. The van der Waals surface area contributed by atoms with E-state index >= 15 is 0 Å². The average Bonchev–Trinajstić information content (AvgIpc) is 3.22. The van der Waals surface area contributed by atoms with Gasteiger partial charge >= 0.3 is 12.1 Å². The molecule has 2 aliphatic heterocycles. The molecule has 0 saturated carbocycles. The van der Waals surface area contributed by atoms with Gasteiger partial charge in [-0.05, 0) is 140 Å². The number of aromatic nitrogens is 1. The molecular weight excluding hydrogens is 823 g/mol. The van der Waals surface area contributed by atoms with Crippen molar-refractivity contribution in [3.63, 3.8) is 0 Å². The van der Waals surface area contributed by atoms with Gasteiger partial charge in [-0.2, -0.15) is 8.42 Å². The van der Waals surface area contributed by atoms with E-state index in [0.29, 0.717) is 63.5 Å². The first-order valence-electron chi connectivity index (χ1n) is 22.3. The van der Waals surface area contributed by atoms with E-state index in [1.54, 1.807) is 35.5 Å². The lowest BCUT2D eigenvalue weighted by atomic mass is 9.84. The molecule has 1 aromatic heterocycles. The largest absolute Gasteiger partial charge is 0.491 e. The van der Waals surface area contributed by atoms with E-state index in [1.165, 1.54) is 12.1 Å². The fourth-order valence-electron chi connectivity index (χ4n) is 8.01. The second kappa shape index (κ2) is 22.2. The van der Waals surface area contributed by atoms with Crippen LogP contribution in [0.4, 0.5) is 4.79 Å². The Morgan fingerprint density at radius 1 is 0.794 bits per heavy atom. The Morgan fingerprint density at radius 2 is 1.49 bits per heavy atom. The molecule has 344 valence electrons. The smallest absolute Gasteiger partial charge is 0.410 e. The topological polar surface area (TPSA) is 159 Å². The lowest BCUT2D eigenvalue weighted by molar-refractivity contribution is -0.155. The normalized spacial score (nSPS) is 16.9. The number of pyridine rings is 1. The predicted molar refractivity (Wildman–Crippen MR) is 240 cm³/mol. The first-order valence-corrected chi connectivity index (χ1v) is 23.8. The maximum atomic E-state index is 14.0. The van der Waals surface area contributed by atoms with Gasteiger partial charge in [-0.25, -0.2) is 4.79 Å². The van der Waals surface area contributed by atoms with E-state index in [9.17, 15) is 27.6 Å². The molecule has 13 nitrogen and oxygen atoms in total. The van der Waals surface area contributed by atoms with Crippen molar-refractivity contribution < 1.29 is 46.0 Å². The molecule has 0 N–H and O–H groups in total. The molecule has 5 rings (SSSR count). The summed E-state index contributed by atoms with van der Waals surface area (Å²) in [4.78, 5) is 61.4. The minimum Gasteiger partial charge on any atom is -0.491 e. The lowest BCUT2D eigenvalue weighted by Crippen LogP contribution is -2.43. The first-order chi connectivity index (χ1) is 29.7. The van der Waals surface area contributed by atoms with Crippen molar-refractivity contribution in [3.8, 4) is 5.75 Å². The highest BCUT2D eigenvalue weighted by Gasteiger charge is 2.33. The third-order valence-corrected chi connectivity index (χ3v) is 12.7. The summed E-state index contributed by atoms with van der Waals surface area (Å²) in [6, 6.07) is 16.1. The minimum atomic E-state index is -3.89. The summed E-state index contributed by atoms with van der Waals surface area (Å²) in [6.07, 6.45) is 8.89. The molecule has 3 heterocycles. The van der Waals surface area contributed by atoms with Crippen LogP contribution in [0, 0.1) is 18.8 Å².